The smallest absolute Gasteiger partial charge is 0.335 e. The molecular weight excluding hydrogens is 541 g/mol. The van der Waals surface area contributed by atoms with Crippen LogP contribution in [0.25, 0.3) is 16.9 Å². The van der Waals surface area contributed by atoms with E-state index in [9.17, 15) is 14.4 Å². The number of ether oxygens (including phenoxy) is 2. The highest BCUT2D eigenvalue weighted by Crippen LogP contribution is 2.28. The van der Waals surface area contributed by atoms with Gasteiger partial charge in [-0.2, -0.15) is 5.10 Å². The molecule has 0 N–H and O–H groups in total. The van der Waals surface area contributed by atoms with Crippen molar-refractivity contribution in [3.63, 3.8) is 0 Å². The number of halogens is 1. The molecule has 0 fully saturated rings. The van der Waals surface area contributed by atoms with Crippen molar-refractivity contribution >= 4 is 5.78 Å². The number of ketones is 1. The Balaban J connectivity index is 1.41. The fourth-order valence-electron chi connectivity index (χ4n) is 4.42. The van der Waals surface area contributed by atoms with Gasteiger partial charge in [-0.25, -0.2) is 13.8 Å². The average molecular weight is 570 g/mol. The molecule has 0 aliphatic rings. The fraction of sp³-hybridized carbons (Fsp3) is 0.194. The minimum Gasteiger partial charge on any atom is -0.497 e. The van der Waals surface area contributed by atoms with Gasteiger partial charge in [-0.15, -0.1) is 0 Å². The lowest BCUT2D eigenvalue weighted by Gasteiger charge is -2.15. The maximum absolute atomic E-state index is 15.1. The lowest BCUT2D eigenvalue weighted by atomic mass is 10.0. The van der Waals surface area contributed by atoms with Gasteiger partial charge in [0.15, 0.2) is 17.3 Å². The first-order valence-corrected chi connectivity index (χ1v) is 13.1. The van der Waals surface area contributed by atoms with Crippen molar-refractivity contribution in [1.82, 2.24) is 23.9 Å². The summed E-state index contributed by atoms with van der Waals surface area (Å²) in [4.78, 5) is 44.2. The molecular formula is C31H28FN5O5. The summed E-state index contributed by atoms with van der Waals surface area (Å²) in [6.07, 6.45) is 6.04. The second-order valence-corrected chi connectivity index (χ2v) is 9.91. The summed E-state index contributed by atoms with van der Waals surface area (Å²) in [5.74, 6) is -0.343. The lowest BCUT2D eigenvalue weighted by molar-refractivity contribution is 0.0990. The van der Waals surface area contributed by atoms with Gasteiger partial charge in [0, 0.05) is 49.7 Å². The molecule has 0 unspecified atom stereocenters. The second kappa shape index (κ2) is 11.7. The molecule has 0 spiro atoms. The number of pyridine rings is 1. The molecule has 5 rings (SSSR count). The third-order valence-electron chi connectivity index (χ3n) is 6.62. The first-order chi connectivity index (χ1) is 20.1. The molecule has 0 bridgehead atoms. The van der Waals surface area contributed by atoms with Crippen LogP contribution in [0.2, 0.25) is 0 Å². The summed E-state index contributed by atoms with van der Waals surface area (Å²) in [7, 11) is 3.30. The number of hydrogen-bond acceptors (Lipinski definition) is 7. The van der Waals surface area contributed by atoms with Crippen LogP contribution < -0.4 is 20.7 Å². The molecule has 3 heterocycles. The van der Waals surface area contributed by atoms with Gasteiger partial charge in [-0.3, -0.25) is 23.8 Å². The van der Waals surface area contributed by atoms with Crippen molar-refractivity contribution < 1.29 is 18.7 Å². The van der Waals surface area contributed by atoms with E-state index in [4.69, 9.17) is 9.47 Å². The van der Waals surface area contributed by atoms with E-state index in [0.717, 1.165) is 10.1 Å². The van der Waals surface area contributed by atoms with Crippen LogP contribution in [0.4, 0.5) is 4.39 Å². The van der Waals surface area contributed by atoms with E-state index in [2.05, 4.69) is 10.1 Å². The zero-order valence-electron chi connectivity index (χ0n) is 23.4. The zero-order chi connectivity index (χ0) is 30.0. The van der Waals surface area contributed by atoms with Crippen molar-refractivity contribution in [3.8, 4) is 34.2 Å². The maximum Gasteiger partial charge on any atom is 0.335 e. The molecule has 3 aromatic heterocycles. The number of nitrogens with zero attached hydrogens (tertiary/aromatic N) is 5. The Labute approximate surface area is 240 Å². The molecule has 0 amide bonds. The Morgan fingerprint density at radius 1 is 1.00 bits per heavy atom. The number of aryl methyl sites for hydroxylation is 1. The van der Waals surface area contributed by atoms with Crippen molar-refractivity contribution in [2.75, 3.05) is 7.11 Å². The Bertz CT molecular complexity index is 1890. The minimum atomic E-state index is -0.755. The van der Waals surface area contributed by atoms with E-state index in [1.807, 2.05) is 0 Å². The summed E-state index contributed by atoms with van der Waals surface area (Å²) >= 11 is 0. The first kappa shape index (κ1) is 28.2. The second-order valence-electron chi connectivity index (χ2n) is 9.91. The zero-order valence-corrected chi connectivity index (χ0v) is 23.4. The molecule has 0 aliphatic heterocycles. The summed E-state index contributed by atoms with van der Waals surface area (Å²) in [6.45, 7) is 3.55. The van der Waals surface area contributed by atoms with E-state index in [0.29, 0.717) is 28.4 Å². The SMILES string of the molecule is COc1ccc(-n2c(=O)c(C(=O)Cc3ccc(Oc4ccnc(-c5cnn(C)c5)c4)c(F)c3)cn(C(C)C)c2=O)cc1. The standard InChI is InChI=1S/C31H28FN5O5/c1-19(2)36-18-25(30(39)37(31(36)40)22-6-8-23(41-4)9-7-22)28(38)14-20-5-10-29(26(32)13-20)42-24-11-12-33-27(15-24)21-16-34-35(3)17-21/h5-13,15-19H,14H2,1-4H3. The maximum atomic E-state index is 15.1. The minimum absolute atomic E-state index is 0.0373. The monoisotopic (exact) mass is 569 g/mol. The van der Waals surface area contributed by atoms with Crippen LogP contribution in [-0.4, -0.2) is 36.8 Å². The number of aromatic nitrogens is 5. The van der Waals surface area contributed by atoms with Gasteiger partial charge in [0.25, 0.3) is 5.56 Å². The van der Waals surface area contributed by atoms with Gasteiger partial charge in [-0.1, -0.05) is 6.07 Å². The van der Waals surface area contributed by atoms with Crippen LogP contribution in [-0.2, 0) is 13.5 Å². The van der Waals surface area contributed by atoms with Crippen LogP contribution >= 0.6 is 0 Å². The van der Waals surface area contributed by atoms with Gasteiger partial charge >= 0.3 is 5.69 Å². The molecule has 214 valence electrons. The molecule has 2 aromatic carbocycles. The molecule has 5 aromatic rings. The molecule has 0 atom stereocenters. The molecule has 10 nitrogen and oxygen atoms in total. The molecule has 11 heteroatoms. The van der Waals surface area contributed by atoms with Crippen molar-refractivity contribution in [2.45, 2.75) is 26.3 Å². The van der Waals surface area contributed by atoms with Crippen LogP contribution in [0, 0.1) is 5.82 Å². The predicted molar refractivity (Wildman–Crippen MR) is 154 cm³/mol. The van der Waals surface area contributed by atoms with Gasteiger partial charge in [-0.05, 0) is 61.9 Å². The lowest BCUT2D eigenvalue weighted by Crippen LogP contribution is -2.42. The molecule has 0 aliphatic carbocycles. The normalized spacial score (nSPS) is 11.1. The third-order valence-corrected chi connectivity index (χ3v) is 6.62. The topological polar surface area (TPSA) is 110 Å². The number of methoxy groups -OCH3 is 1. The number of Topliss-reactive ketones (excluding diaryl/α,β-unsaturated/α-hetero) is 1. The van der Waals surface area contributed by atoms with E-state index in [-0.39, 0.29) is 23.8 Å². The number of rotatable bonds is 9. The number of carbonyl (C=O) groups is 1. The number of benzene rings is 2. The van der Waals surface area contributed by atoms with Gasteiger partial charge < -0.3 is 9.47 Å². The Hall–Kier alpha value is -5.32. The summed E-state index contributed by atoms with van der Waals surface area (Å²) < 4.78 is 29.9. The van der Waals surface area contributed by atoms with Gasteiger partial charge in [0.2, 0.25) is 0 Å². The van der Waals surface area contributed by atoms with Crippen molar-refractivity contribution in [2.24, 2.45) is 7.05 Å². The van der Waals surface area contributed by atoms with Crippen molar-refractivity contribution in [3.05, 3.63) is 117 Å². The summed E-state index contributed by atoms with van der Waals surface area (Å²) in [6, 6.07) is 13.5. The van der Waals surface area contributed by atoms with Crippen LogP contribution in [0.5, 0.6) is 17.2 Å². The van der Waals surface area contributed by atoms with E-state index >= 15 is 4.39 Å². The third kappa shape index (κ3) is 5.75. The highest BCUT2D eigenvalue weighted by Gasteiger charge is 2.21. The number of hydrogen-bond donors (Lipinski definition) is 0. The Morgan fingerprint density at radius 2 is 1.76 bits per heavy atom. The van der Waals surface area contributed by atoms with Crippen LogP contribution in [0.1, 0.15) is 35.8 Å². The largest absolute Gasteiger partial charge is 0.497 e. The molecule has 0 radical (unpaired) electrons. The molecule has 42 heavy (non-hydrogen) atoms. The summed E-state index contributed by atoms with van der Waals surface area (Å²) in [5, 5.41) is 4.13. The van der Waals surface area contributed by atoms with E-state index in [1.165, 1.54) is 30.0 Å². The highest BCUT2D eigenvalue weighted by molar-refractivity contribution is 5.97. The van der Waals surface area contributed by atoms with Gasteiger partial charge in [0.1, 0.15) is 17.1 Å². The van der Waals surface area contributed by atoms with E-state index in [1.54, 1.807) is 86.6 Å². The highest BCUT2D eigenvalue weighted by atomic mass is 19.1. The van der Waals surface area contributed by atoms with Crippen LogP contribution in [0.15, 0.2) is 89.0 Å². The van der Waals surface area contributed by atoms with Gasteiger partial charge in [0.05, 0.1) is 24.7 Å². The fourth-order valence-corrected chi connectivity index (χ4v) is 4.42. The molecule has 0 saturated heterocycles. The first-order valence-electron chi connectivity index (χ1n) is 13.1. The Kier molecular flexibility index (Phi) is 7.83. The van der Waals surface area contributed by atoms with Crippen LogP contribution in [0.3, 0.4) is 0 Å². The quantitative estimate of drug-likeness (QED) is 0.236. The van der Waals surface area contributed by atoms with Crippen molar-refractivity contribution in [1.29, 1.82) is 0 Å². The predicted octanol–water partition coefficient (Wildman–Crippen LogP) is 4.74. The average Bonchev–Trinajstić information content (AvgIpc) is 3.41. The number of carbonyl (C=O) groups excluding carboxylic acids is 1. The Morgan fingerprint density at radius 3 is 2.40 bits per heavy atom. The molecule has 0 saturated carbocycles. The summed E-state index contributed by atoms with van der Waals surface area (Å²) in [5.41, 5.74) is 0.526. The van der Waals surface area contributed by atoms with E-state index < -0.39 is 22.8 Å².